The fourth-order valence-corrected chi connectivity index (χ4v) is 1.54. The van der Waals surface area contributed by atoms with Crippen molar-refractivity contribution < 1.29 is 14.4 Å². The Morgan fingerprint density at radius 3 is 2.62 bits per heavy atom. The summed E-state index contributed by atoms with van der Waals surface area (Å²) < 4.78 is 0. The highest BCUT2D eigenvalue weighted by atomic mass is 16.2. The molecule has 0 aromatic rings. The van der Waals surface area contributed by atoms with Crippen molar-refractivity contribution in [1.82, 2.24) is 15.5 Å². The summed E-state index contributed by atoms with van der Waals surface area (Å²) in [7, 11) is 1.63. The van der Waals surface area contributed by atoms with Gasteiger partial charge in [-0.15, -0.1) is 6.42 Å². The minimum Gasteiger partial charge on any atom is -0.352 e. The summed E-state index contributed by atoms with van der Waals surface area (Å²) in [6.45, 7) is 5.72. The molecule has 6 nitrogen and oxygen atoms in total. The van der Waals surface area contributed by atoms with E-state index in [1.807, 2.05) is 0 Å². The standard InChI is InChI=1S/C15H23N3O3/c1-5-10-18(4)15(21)9-7-8-14(20)17-12(3)11-16-13(19)6-2/h1,6,12H,2,7-11H2,3-4H3,(H,16,19)(H,17,20). The molecule has 3 amide bonds. The first-order chi connectivity index (χ1) is 9.90. The van der Waals surface area contributed by atoms with Gasteiger partial charge < -0.3 is 15.5 Å². The Bertz CT molecular complexity index is 426. The molecule has 0 aliphatic rings. The summed E-state index contributed by atoms with van der Waals surface area (Å²) in [5.41, 5.74) is 0. The first-order valence-corrected chi connectivity index (χ1v) is 6.77. The van der Waals surface area contributed by atoms with E-state index in [0.29, 0.717) is 13.0 Å². The lowest BCUT2D eigenvalue weighted by Crippen LogP contribution is -2.41. The van der Waals surface area contributed by atoms with Gasteiger partial charge in [0.05, 0.1) is 6.54 Å². The summed E-state index contributed by atoms with van der Waals surface area (Å²) >= 11 is 0. The topological polar surface area (TPSA) is 78.5 Å². The van der Waals surface area contributed by atoms with E-state index in [9.17, 15) is 14.4 Å². The number of terminal acetylenes is 1. The smallest absolute Gasteiger partial charge is 0.243 e. The number of nitrogens with one attached hydrogen (secondary N) is 2. The van der Waals surface area contributed by atoms with Gasteiger partial charge in [-0.3, -0.25) is 14.4 Å². The van der Waals surface area contributed by atoms with Crippen LogP contribution in [-0.2, 0) is 14.4 Å². The lowest BCUT2D eigenvalue weighted by Gasteiger charge is -2.15. The Kier molecular flexibility index (Phi) is 9.35. The number of hydrogen-bond donors (Lipinski definition) is 2. The molecule has 21 heavy (non-hydrogen) atoms. The van der Waals surface area contributed by atoms with Crippen LogP contribution in [0.25, 0.3) is 0 Å². The van der Waals surface area contributed by atoms with Crippen molar-refractivity contribution in [2.75, 3.05) is 20.1 Å². The summed E-state index contributed by atoms with van der Waals surface area (Å²) in [5.74, 6) is 1.88. The normalized spacial score (nSPS) is 10.9. The number of nitrogens with zero attached hydrogens (tertiary/aromatic N) is 1. The molecule has 0 aliphatic carbocycles. The monoisotopic (exact) mass is 293 g/mol. The summed E-state index contributed by atoms with van der Waals surface area (Å²) in [6, 6.07) is -0.179. The Balaban J connectivity index is 3.85. The average molecular weight is 293 g/mol. The van der Waals surface area contributed by atoms with E-state index in [4.69, 9.17) is 6.42 Å². The molecule has 0 spiro atoms. The third-order valence-corrected chi connectivity index (χ3v) is 2.72. The van der Waals surface area contributed by atoms with Gasteiger partial charge in [-0.25, -0.2) is 0 Å². The lowest BCUT2D eigenvalue weighted by atomic mass is 10.2. The molecule has 0 heterocycles. The van der Waals surface area contributed by atoms with Gasteiger partial charge in [-0.2, -0.15) is 0 Å². The minimum atomic E-state index is -0.279. The maximum atomic E-state index is 11.6. The molecule has 1 atom stereocenters. The van der Waals surface area contributed by atoms with Crippen LogP contribution in [0.5, 0.6) is 0 Å². The predicted octanol–water partition coefficient (Wildman–Crippen LogP) is 0.0552. The van der Waals surface area contributed by atoms with Gasteiger partial charge in [0.2, 0.25) is 17.7 Å². The van der Waals surface area contributed by atoms with E-state index in [-0.39, 0.29) is 43.1 Å². The predicted molar refractivity (Wildman–Crippen MR) is 81.1 cm³/mol. The van der Waals surface area contributed by atoms with Crippen LogP contribution < -0.4 is 10.6 Å². The van der Waals surface area contributed by atoms with Gasteiger partial charge in [0, 0.05) is 32.5 Å². The molecule has 0 aromatic heterocycles. The van der Waals surface area contributed by atoms with Gasteiger partial charge in [0.1, 0.15) is 0 Å². The van der Waals surface area contributed by atoms with Crippen molar-refractivity contribution in [2.45, 2.75) is 32.2 Å². The second-order valence-electron chi connectivity index (χ2n) is 4.73. The number of hydrogen-bond acceptors (Lipinski definition) is 3. The van der Waals surface area contributed by atoms with Crippen molar-refractivity contribution in [2.24, 2.45) is 0 Å². The van der Waals surface area contributed by atoms with Crippen molar-refractivity contribution in [3.8, 4) is 12.3 Å². The van der Waals surface area contributed by atoms with Gasteiger partial charge in [0.15, 0.2) is 0 Å². The fourth-order valence-electron chi connectivity index (χ4n) is 1.54. The third-order valence-electron chi connectivity index (χ3n) is 2.72. The van der Waals surface area contributed by atoms with E-state index in [1.54, 1.807) is 14.0 Å². The zero-order chi connectivity index (χ0) is 16.3. The molecule has 0 saturated heterocycles. The summed E-state index contributed by atoms with van der Waals surface area (Å²) in [5, 5.41) is 5.33. The Morgan fingerprint density at radius 2 is 2.05 bits per heavy atom. The van der Waals surface area contributed by atoms with Crippen molar-refractivity contribution in [3.63, 3.8) is 0 Å². The highest BCUT2D eigenvalue weighted by Crippen LogP contribution is 2.00. The molecule has 116 valence electrons. The molecule has 0 radical (unpaired) electrons. The molecular weight excluding hydrogens is 270 g/mol. The SMILES string of the molecule is C#CCN(C)C(=O)CCCC(=O)NC(C)CNC(=O)C=C. The zero-order valence-corrected chi connectivity index (χ0v) is 12.6. The summed E-state index contributed by atoms with van der Waals surface area (Å²) in [6.07, 6.45) is 7.30. The first kappa shape index (κ1) is 18.7. The van der Waals surface area contributed by atoms with Crippen LogP contribution in [0.3, 0.4) is 0 Å². The number of carbonyl (C=O) groups excluding carboxylic acids is 3. The van der Waals surface area contributed by atoms with Crippen LogP contribution in [-0.4, -0.2) is 48.8 Å². The van der Waals surface area contributed by atoms with Gasteiger partial charge in [-0.05, 0) is 19.4 Å². The Morgan fingerprint density at radius 1 is 1.38 bits per heavy atom. The molecule has 1 unspecified atom stereocenters. The molecular formula is C15H23N3O3. The first-order valence-electron chi connectivity index (χ1n) is 6.77. The van der Waals surface area contributed by atoms with E-state index in [2.05, 4.69) is 23.1 Å². The lowest BCUT2D eigenvalue weighted by molar-refractivity contribution is -0.129. The van der Waals surface area contributed by atoms with E-state index in [0.717, 1.165) is 0 Å². The van der Waals surface area contributed by atoms with Crippen molar-refractivity contribution in [1.29, 1.82) is 0 Å². The molecule has 6 heteroatoms. The largest absolute Gasteiger partial charge is 0.352 e. The Hall–Kier alpha value is -2.29. The minimum absolute atomic E-state index is 0.0768. The Labute approximate surface area is 126 Å². The highest BCUT2D eigenvalue weighted by Gasteiger charge is 2.11. The van der Waals surface area contributed by atoms with E-state index < -0.39 is 0 Å². The summed E-state index contributed by atoms with van der Waals surface area (Å²) in [4.78, 5) is 35.7. The number of amides is 3. The number of rotatable bonds is 9. The fraction of sp³-hybridized carbons (Fsp3) is 0.533. The maximum Gasteiger partial charge on any atom is 0.243 e. The van der Waals surface area contributed by atoms with Crippen LogP contribution in [0, 0.1) is 12.3 Å². The molecule has 0 aliphatic heterocycles. The molecule has 2 N–H and O–H groups in total. The van der Waals surface area contributed by atoms with Gasteiger partial charge >= 0.3 is 0 Å². The molecule has 0 saturated carbocycles. The average Bonchev–Trinajstić information content (AvgIpc) is 2.44. The van der Waals surface area contributed by atoms with Crippen LogP contribution in [0.2, 0.25) is 0 Å². The van der Waals surface area contributed by atoms with Crippen LogP contribution in [0.4, 0.5) is 0 Å². The van der Waals surface area contributed by atoms with E-state index >= 15 is 0 Å². The second kappa shape index (κ2) is 10.5. The van der Waals surface area contributed by atoms with Crippen LogP contribution in [0.15, 0.2) is 12.7 Å². The maximum absolute atomic E-state index is 11.6. The molecule has 0 aromatic carbocycles. The number of carbonyl (C=O) groups is 3. The second-order valence-corrected chi connectivity index (χ2v) is 4.73. The van der Waals surface area contributed by atoms with Crippen LogP contribution in [0.1, 0.15) is 26.2 Å². The quantitative estimate of drug-likeness (QED) is 0.466. The molecule has 0 bridgehead atoms. The van der Waals surface area contributed by atoms with Gasteiger partial charge in [-0.1, -0.05) is 12.5 Å². The molecule has 0 fully saturated rings. The van der Waals surface area contributed by atoms with Crippen LogP contribution >= 0.6 is 0 Å². The molecule has 0 rings (SSSR count). The highest BCUT2D eigenvalue weighted by molar-refractivity contribution is 5.86. The zero-order valence-electron chi connectivity index (χ0n) is 12.6. The van der Waals surface area contributed by atoms with Crippen molar-refractivity contribution in [3.05, 3.63) is 12.7 Å². The van der Waals surface area contributed by atoms with Gasteiger partial charge in [0.25, 0.3) is 0 Å². The van der Waals surface area contributed by atoms with Crippen molar-refractivity contribution >= 4 is 17.7 Å². The van der Waals surface area contributed by atoms with E-state index in [1.165, 1.54) is 11.0 Å². The third kappa shape index (κ3) is 9.27.